The summed E-state index contributed by atoms with van der Waals surface area (Å²) in [6.07, 6.45) is 9.20. The van der Waals surface area contributed by atoms with Gasteiger partial charge < -0.3 is 16.0 Å². The van der Waals surface area contributed by atoms with Crippen molar-refractivity contribution in [2.24, 2.45) is 11.8 Å². The van der Waals surface area contributed by atoms with Crippen molar-refractivity contribution in [1.29, 1.82) is 5.41 Å². The molecule has 1 amide bonds. The molecular weight excluding hydrogens is 343 g/mol. The van der Waals surface area contributed by atoms with Crippen molar-refractivity contribution >= 4 is 23.0 Å². The average molecular weight is 364 g/mol. The van der Waals surface area contributed by atoms with Crippen LogP contribution < -0.4 is 10.6 Å². The molecule has 1 heterocycles. The number of hydrogen-bond donors (Lipinski definition) is 3. The second-order valence-corrected chi connectivity index (χ2v) is 7.12. The van der Waals surface area contributed by atoms with Crippen molar-refractivity contribution in [1.82, 2.24) is 4.98 Å². The lowest BCUT2D eigenvalue weighted by molar-refractivity contribution is 0.102. The number of carbonyl (C=O) groups excluding carboxylic acids is 1. The van der Waals surface area contributed by atoms with Crippen LogP contribution in [-0.4, -0.2) is 16.6 Å². The molecule has 2 saturated carbocycles. The van der Waals surface area contributed by atoms with Crippen LogP contribution in [0.1, 0.15) is 36.0 Å². The molecule has 0 unspecified atom stereocenters. The lowest BCUT2D eigenvalue weighted by Gasteiger charge is -2.13. The molecule has 1 aromatic heterocycles. The summed E-state index contributed by atoms with van der Waals surface area (Å²) in [5, 5.41) is 13.9. The highest BCUT2D eigenvalue weighted by atomic mass is 19.1. The van der Waals surface area contributed by atoms with Crippen molar-refractivity contribution in [2.45, 2.75) is 25.7 Å². The molecule has 2 fully saturated rings. The van der Waals surface area contributed by atoms with Crippen LogP contribution in [0, 0.1) is 23.1 Å². The first kappa shape index (κ1) is 17.4. The topological polar surface area (TPSA) is 77.9 Å². The van der Waals surface area contributed by atoms with E-state index in [1.165, 1.54) is 12.3 Å². The van der Waals surface area contributed by atoms with Gasteiger partial charge in [-0.15, -0.1) is 0 Å². The van der Waals surface area contributed by atoms with Crippen LogP contribution in [0.15, 0.2) is 54.5 Å². The highest BCUT2D eigenvalue weighted by molar-refractivity contribution is 6.04. The fourth-order valence-electron chi connectivity index (χ4n) is 2.88. The Morgan fingerprint density at radius 1 is 1.15 bits per heavy atom. The van der Waals surface area contributed by atoms with Crippen molar-refractivity contribution in [3.63, 3.8) is 0 Å². The predicted octanol–water partition coefficient (Wildman–Crippen LogP) is 4.61. The largest absolute Gasteiger partial charge is 0.356 e. The molecule has 4 rings (SSSR count). The Balaban J connectivity index is 1.46. The van der Waals surface area contributed by atoms with E-state index in [0.29, 0.717) is 34.5 Å². The van der Waals surface area contributed by atoms with Gasteiger partial charge in [0.25, 0.3) is 5.91 Å². The number of hydrogen-bond acceptors (Lipinski definition) is 4. The second-order valence-electron chi connectivity index (χ2n) is 7.12. The molecular formula is C21H21FN4O. The second kappa shape index (κ2) is 7.31. The fraction of sp³-hybridized carbons (Fsp3) is 0.286. The number of carbonyl (C=O) groups is 1. The Kier molecular flexibility index (Phi) is 4.71. The normalized spacial score (nSPS) is 16.7. The van der Waals surface area contributed by atoms with E-state index < -0.39 is 5.82 Å². The standard InChI is InChI=1S/C21H21FN4O/c22-17-10-16(25-21(27)15-2-1-9-24-12-15)7-8-19(17)26-20(14-5-6-14)11-18(23)13-3-4-13/h1-2,7-14,23,26H,3-6H2,(H,25,27)/b20-11-,23-18?. The molecule has 0 bridgehead atoms. The number of allylic oxidation sites excluding steroid dienone is 2. The predicted molar refractivity (Wildman–Crippen MR) is 103 cm³/mol. The van der Waals surface area contributed by atoms with Gasteiger partial charge in [-0.25, -0.2) is 4.39 Å². The van der Waals surface area contributed by atoms with Gasteiger partial charge >= 0.3 is 0 Å². The Bertz CT molecular complexity index is 902. The van der Waals surface area contributed by atoms with Crippen LogP contribution in [0.25, 0.3) is 0 Å². The summed E-state index contributed by atoms with van der Waals surface area (Å²) >= 11 is 0. The summed E-state index contributed by atoms with van der Waals surface area (Å²) in [6, 6.07) is 7.90. The first-order valence-corrected chi connectivity index (χ1v) is 9.18. The Morgan fingerprint density at radius 2 is 1.93 bits per heavy atom. The van der Waals surface area contributed by atoms with Crippen LogP contribution in [0.3, 0.4) is 0 Å². The first-order valence-electron chi connectivity index (χ1n) is 9.18. The Labute approximate surface area is 157 Å². The molecule has 3 N–H and O–H groups in total. The maximum absolute atomic E-state index is 14.5. The third-order valence-electron chi connectivity index (χ3n) is 4.78. The molecule has 27 heavy (non-hydrogen) atoms. The highest BCUT2D eigenvalue weighted by Crippen LogP contribution is 2.39. The zero-order chi connectivity index (χ0) is 18.8. The molecule has 0 radical (unpaired) electrons. The van der Waals surface area contributed by atoms with Crippen LogP contribution in [0.5, 0.6) is 0 Å². The van der Waals surface area contributed by atoms with E-state index in [1.807, 2.05) is 6.08 Å². The quantitative estimate of drug-likeness (QED) is 0.628. The van der Waals surface area contributed by atoms with Gasteiger partial charge in [-0.3, -0.25) is 9.78 Å². The van der Waals surface area contributed by atoms with Gasteiger partial charge in [-0.1, -0.05) is 0 Å². The molecule has 0 spiro atoms. The zero-order valence-electron chi connectivity index (χ0n) is 14.8. The SMILES string of the molecule is N=C(/C=C(\Nc1ccc(NC(=O)c2cccnc2)cc1F)C1CC1)C1CC1. The Morgan fingerprint density at radius 3 is 2.56 bits per heavy atom. The highest BCUT2D eigenvalue weighted by Gasteiger charge is 2.30. The van der Waals surface area contributed by atoms with Crippen LogP contribution in [0.4, 0.5) is 15.8 Å². The molecule has 0 aliphatic heterocycles. The molecule has 138 valence electrons. The number of anilines is 2. The van der Waals surface area contributed by atoms with E-state index in [4.69, 9.17) is 5.41 Å². The summed E-state index contributed by atoms with van der Waals surface area (Å²) in [6.45, 7) is 0. The van der Waals surface area contributed by atoms with Gasteiger partial charge in [-0.05, 0) is 68.0 Å². The summed E-state index contributed by atoms with van der Waals surface area (Å²) in [4.78, 5) is 16.1. The molecule has 2 aromatic rings. The summed E-state index contributed by atoms with van der Waals surface area (Å²) in [5.41, 5.74) is 2.70. The number of amides is 1. The average Bonchev–Trinajstić information content (AvgIpc) is 3.56. The first-order chi connectivity index (χ1) is 13.1. The van der Waals surface area contributed by atoms with Gasteiger partial charge in [0.1, 0.15) is 5.82 Å². The summed E-state index contributed by atoms with van der Waals surface area (Å²) < 4.78 is 14.5. The summed E-state index contributed by atoms with van der Waals surface area (Å²) in [7, 11) is 0. The molecule has 2 aliphatic carbocycles. The minimum atomic E-state index is -0.441. The number of benzene rings is 1. The third kappa shape index (κ3) is 4.39. The molecule has 0 atom stereocenters. The van der Waals surface area contributed by atoms with E-state index >= 15 is 0 Å². The van der Waals surface area contributed by atoms with E-state index in [9.17, 15) is 9.18 Å². The number of rotatable bonds is 7. The lowest BCUT2D eigenvalue weighted by Crippen LogP contribution is -2.12. The molecule has 0 saturated heterocycles. The minimum absolute atomic E-state index is 0.334. The third-order valence-corrected chi connectivity index (χ3v) is 4.78. The van der Waals surface area contributed by atoms with Crippen LogP contribution in [-0.2, 0) is 0 Å². The minimum Gasteiger partial charge on any atom is -0.356 e. The van der Waals surface area contributed by atoms with Crippen molar-refractivity contribution in [2.75, 3.05) is 10.6 Å². The smallest absolute Gasteiger partial charge is 0.257 e. The number of halogens is 1. The molecule has 5 nitrogen and oxygen atoms in total. The van der Waals surface area contributed by atoms with Crippen molar-refractivity contribution in [3.8, 4) is 0 Å². The van der Waals surface area contributed by atoms with Crippen LogP contribution >= 0.6 is 0 Å². The fourth-order valence-corrected chi connectivity index (χ4v) is 2.88. The van der Waals surface area contributed by atoms with E-state index in [0.717, 1.165) is 31.4 Å². The number of aromatic nitrogens is 1. The van der Waals surface area contributed by atoms with Gasteiger partial charge in [0, 0.05) is 35.4 Å². The molecule has 1 aromatic carbocycles. The monoisotopic (exact) mass is 364 g/mol. The van der Waals surface area contributed by atoms with E-state index in [1.54, 1.807) is 30.5 Å². The van der Waals surface area contributed by atoms with Crippen LogP contribution in [0.2, 0.25) is 0 Å². The van der Waals surface area contributed by atoms with Gasteiger partial charge in [0.2, 0.25) is 0 Å². The number of nitrogens with one attached hydrogen (secondary N) is 3. The van der Waals surface area contributed by atoms with Crippen molar-refractivity contribution < 1.29 is 9.18 Å². The molecule has 6 heteroatoms. The maximum Gasteiger partial charge on any atom is 0.257 e. The van der Waals surface area contributed by atoms with E-state index in [2.05, 4.69) is 15.6 Å². The lowest BCUT2D eigenvalue weighted by atomic mass is 10.1. The molecule has 2 aliphatic rings. The van der Waals surface area contributed by atoms with Gasteiger partial charge in [0.05, 0.1) is 11.3 Å². The van der Waals surface area contributed by atoms with Gasteiger partial charge in [0.15, 0.2) is 0 Å². The maximum atomic E-state index is 14.5. The number of nitrogens with zero attached hydrogens (tertiary/aromatic N) is 1. The van der Waals surface area contributed by atoms with E-state index in [-0.39, 0.29) is 5.91 Å². The number of pyridine rings is 1. The Hall–Kier alpha value is -3.02. The zero-order valence-corrected chi connectivity index (χ0v) is 14.8. The van der Waals surface area contributed by atoms with Crippen molar-refractivity contribution in [3.05, 3.63) is 65.9 Å². The summed E-state index contributed by atoms with van der Waals surface area (Å²) in [5.74, 6) is -0.0212. The van der Waals surface area contributed by atoms with Gasteiger partial charge in [-0.2, -0.15) is 0 Å².